The van der Waals surface area contributed by atoms with Gasteiger partial charge in [-0.05, 0) is 6.07 Å². The Morgan fingerprint density at radius 1 is 1.28 bits per heavy atom. The van der Waals surface area contributed by atoms with Gasteiger partial charge in [0.05, 0.1) is 12.3 Å². The molecule has 18 heavy (non-hydrogen) atoms. The number of carbonyl (C=O) groups excluding carboxylic acids is 2. The quantitative estimate of drug-likeness (QED) is 0.469. The maximum absolute atomic E-state index is 11.5. The minimum atomic E-state index is -0.460. The summed E-state index contributed by atoms with van der Waals surface area (Å²) >= 11 is 5.30. The molecule has 0 amide bonds. The molecule has 0 saturated heterocycles. The van der Waals surface area contributed by atoms with Crippen LogP contribution in [0.1, 0.15) is 19.4 Å². The van der Waals surface area contributed by atoms with Gasteiger partial charge in [-0.3, -0.25) is 9.59 Å². The van der Waals surface area contributed by atoms with Crippen molar-refractivity contribution < 1.29 is 19.1 Å². The lowest BCUT2D eigenvalue weighted by molar-refractivity contribution is -0.141. The molecule has 1 rings (SSSR count). The fraction of sp³-hybridized carbons (Fsp3) is 0.385. The van der Waals surface area contributed by atoms with Crippen LogP contribution in [-0.2, 0) is 20.7 Å². The van der Waals surface area contributed by atoms with Crippen molar-refractivity contribution in [3.05, 3.63) is 29.8 Å². The number of carbonyl (C=O) groups is 2. The average molecular weight is 271 g/mol. The predicted octanol–water partition coefficient (Wildman–Crippen LogP) is 2.53. The molecule has 0 aliphatic carbocycles. The van der Waals surface area contributed by atoms with Gasteiger partial charge in [-0.15, -0.1) is 0 Å². The number of halogens is 1. The first-order valence-electron chi connectivity index (χ1n) is 5.55. The standard InChI is InChI=1S/C13H15ClO4/c1-9(2)13(16)18-11-6-4-3-5-10(11)7-12(15)17-8-14/h3-6,9H,7-8H2,1-2H3. The Morgan fingerprint density at radius 2 is 1.94 bits per heavy atom. The summed E-state index contributed by atoms with van der Waals surface area (Å²) in [5.74, 6) is -0.651. The smallest absolute Gasteiger partial charge is 0.313 e. The molecular formula is C13H15ClO4. The zero-order valence-electron chi connectivity index (χ0n) is 10.3. The summed E-state index contributed by atoms with van der Waals surface area (Å²) in [5, 5.41) is 0. The van der Waals surface area contributed by atoms with Crippen molar-refractivity contribution in [3.8, 4) is 5.75 Å². The lowest BCUT2D eigenvalue weighted by Gasteiger charge is -2.10. The van der Waals surface area contributed by atoms with Crippen LogP contribution >= 0.6 is 11.6 Å². The number of rotatable bonds is 5. The molecule has 0 bridgehead atoms. The number of ether oxygens (including phenoxy) is 2. The molecular weight excluding hydrogens is 256 g/mol. The first kappa shape index (κ1) is 14.5. The average Bonchev–Trinajstić information content (AvgIpc) is 2.31. The Balaban J connectivity index is 2.79. The number of benzene rings is 1. The number of esters is 2. The summed E-state index contributed by atoms with van der Waals surface area (Å²) in [7, 11) is 0. The lowest BCUT2D eigenvalue weighted by Crippen LogP contribution is -2.16. The van der Waals surface area contributed by atoms with Gasteiger partial charge in [0.1, 0.15) is 5.75 Å². The van der Waals surface area contributed by atoms with E-state index >= 15 is 0 Å². The lowest BCUT2D eigenvalue weighted by atomic mass is 10.1. The fourth-order valence-corrected chi connectivity index (χ4v) is 1.36. The molecule has 0 aromatic heterocycles. The molecule has 0 aliphatic heterocycles. The SMILES string of the molecule is CC(C)C(=O)Oc1ccccc1CC(=O)OCCl. The Labute approximate surface area is 111 Å². The highest BCUT2D eigenvalue weighted by atomic mass is 35.5. The van der Waals surface area contributed by atoms with E-state index in [4.69, 9.17) is 16.3 Å². The molecule has 98 valence electrons. The van der Waals surface area contributed by atoms with E-state index in [0.717, 1.165) is 0 Å². The first-order valence-corrected chi connectivity index (χ1v) is 6.09. The highest BCUT2D eigenvalue weighted by Gasteiger charge is 2.14. The van der Waals surface area contributed by atoms with Gasteiger partial charge in [-0.1, -0.05) is 43.6 Å². The van der Waals surface area contributed by atoms with Gasteiger partial charge in [0, 0.05) is 5.56 Å². The van der Waals surface area contributed by atoms with Crippen LogP contribution in [0, 0.1) is 5.92 Å². The first-order chi connectivity index (χ1) is 8.54. The molecule has 1 aromatic rings. The van der Waals surface area contributed by atoms with Crippen LogP contribution in [0.15, 0.2) is 24.3 Å². The molecule has 4 nitrogen and oxygen atoms in total. The van der Waals surface area contributed by atoms with Crippen LogP contribution in [0.2, 0.25) is 0 Å². The number of para-hydroxylation sites is 1. The summed E-state index contributed by atoms with van der Waals surface area (Å²) < 4.78 is 9.85. The van der Waals surface area contributed by atoms with Gasteiger partial charge < -0.3 is 9.47 Å². The third kappa shape index (κ3) is 4.37. The zero-order valence-corrected chi connectivity index (χ0v) is 11.1. The summed E-state index contributed by atoms with van der Waals surface area (Å²) in [6.07, 6.45) is 0.0221. The summed E-state index contributed by atoms with van der Waals surface area (Å²) in [6, 6.07) is 6.66. The van der Waals surface area contributed by atoms with Crippen LogP contribution in [0.25, 0.3) is 0 Å². The minimum Gasteiger partial charge on any atom is -0.449 e. The van der Waals surface area contributed by atoms with Crippen molar-refractivity contribution in [2.45, 2.75) is 20.3 Å². The molecule has 0 spiro atoms. The monoisotopic (exact) mass is 270 g/mol. The fourth-order valence-electron chi connectivity index (χ4n) is 1.24. The van der Waals surface area contributed by atoms with E-state index in [1.807, 2.05) is 0 Å². The third-order valence-electron chi connectivity index (χ3n) is 2.20. The largest absolute Gasteiger partial charge is 0.449 e. The van der Waals surface area contributed by atoms with E-state index in [-0.39, 0.29) is 24.4 Å². The van der Waals surface area contributed by atoms with Crippen molar-refractivity contribution in [2.75, 3.05) is 6.07 Å². The van der Waals surface area contributed by atoms with Crippen molar-refractivity contribution in [3.63, 3.8) is 0 Å². The van der Waals surface area contributed by atoms with E-state index in [1.54, 1.807) is 38.1 Å². The van der Waals surface area contributed by atoms with Gasteiger partial charge in [0.25, 0.3) is 0 Å². The molecule has 0 fully saturated rings. The van der Waals surface area contributed by atoms with Gasteiger partial charge >= 0.3 is 11.9 Å². The van der Waals surface area contributed by atoms with Gasteiger partial charge in [0.15, 0.2) is 6.07 Å². The van der Waals surface area contributed by atoms with E-state index in [9.17, 15) is 9.59 Å². The van der Waals surface area contributed by atoms with Gasteiger partial charge in [-0.25, -0.2) is 0 Å². The third-order valence-corrected chi connectivity index (χ3v) is 2.31. The Kier molecular flexibility index (Phi) is 5.65. The van der Waals surface area contributed by atoms with Crippen molar-refractivity contribution in [1.29, 1.82) is 0 Å². The van der Waals surface area contributed by atoms with Gasteiger partial charge in [-0.2, -0.15) is 0 Å². The van der Waals surface area contributed by atoms with E-state index < -0.39 is 5.97 Å². The number of alkyl halides is 1. The maximum atomic E-state index is 11.5. The second kappa shape index (κ2) is 7.01. The maximum Gasteiger partial charge on any atom is 0.313 e. The number of hydrogen-bond acceptors (Lipinski definition) is 4. The molecule has 0 unspecified atom stereocenters. The minimum absolute atomic E-state index is 0.0221. The topological polar surface area (TPSA) is 52.6 Å². The molecule has 0 heterocycles. The summed E-state index contributed by atoms with van der Waals surface area (Å²) in [4.78, 5) is 22.9. The Morgan fingerprint density at radius 3 is 2.56 bits per heavy atom. The second-order valence-corrected chi connectivity index (χ2v) is 4.20. The molecule has 0 N–H and O–H groups in total. The normalized spacial score (nSPS) is 10.2. The van der Waals surface area contributed by atoms with Crippen LogP contribution < -0.4 is 4.74 Å². The van der Waals surface area contributed by atoms with Crippen molar-refractivity contribution in [2.24, 2.45) is 5.92 Å². The second-order valence-electron chi connectivity index (χ2n) is 3.99. The summed E-state index contributed by atoms with van der Waals surface area (Å²) in [6.45, 7) is 3.49. The highest BCUT2D eigenvalue weighted by molar-refractivity contribution is 6.17. The summed E-state index contributed by atoms with van der Waals surface area (Å²) in [5.41, 5.74) is 0.599. The van der Waals surface area contributed by atoms with Crippen LogP contribution in [0.3, 0.4) is 0 Å². The molecule has 0 atom stereocenters. The Bertz CT molecular complexity index is 429. The molecule has 5 heteroatoms. The molecule has 0 saturated carbocycles. The highest BCUT2D eigenvalue weighted by Crippen LogP contribution is 2.20. The van der Waals surface area contributed by atoms with Crippen LogP contribution in [0.4, 0.5) is 0 Å². The van der Waals surface area contributed by atoms with Crippen LogP contribution in [0.5, 0.6) is 5.75 Å². The van der Waals surface area contributed by atoms with Gasteiger partial charge in [0.2, 0.25) is 0 Å². The predicted molar refractivity (Wildman–Crippen MR) is 67.4 cm³/mol. The van der Waals surface area contributed by atoms with E-state index in [0.29, 0.717) is 11.3 Å². The van der Waals surface area contributed by atoms with E-state index in [2.05, 4.69) is 4.74 Å². The number of hydrogen-bond donors (Lipinski definition) is 0. The van der Waals surface area contributed by atoms with E-state index in [1.165, 1.54) is 0 Å². The van der Waals surface area contributed by atoms with Crippen molar-refractivity contribution in [1.82, 2.24) is 0 Å². The van der Waals surface area contributed by atoms with Crippen LogP contribution in [-0.4, -0.2) is 18.0 Å². The van der Waals surface area contributed by atoms with Crippen molar-refractivity contribution >= 4 is 23.5 Å². The molecule has 0 radical (unpaired) electrons. The zero-order chi connectivity index (χ0) is 13.5. The Hall–Kier alpha value is -1.55. The molecule has 1 aromatic carbocycles. The molecule has 0 aliphatic rings.